The zero-order valence-electron chi connectivity index (χ0n) is 8.68. The van der Waals surface area contributed by atoms with Gasteiger partial charge in [-0.05, 0) is 36.5 Å². The third-order valence-electron chi connectivity index (χ3n) is 4.49. The fraction of sp³-hybridized carbons (Fsp3) is 1.00. The van der Waals surface area contributed by atoms with E-state index in [1.54, 1.807) is 0 Å². The fourth-order valence-corrected chi connectivity index (χ4v) is 5.33. The van der Waals surface area contributed by atoms with Crippen LogP contribution in [0.5, 0.6) is 0 Å². The highest BCUT2D eigenvalue weighted by molar-refractivity contribution is 7.87. The van der Waals surface area contributed by atoms with Crippen LogP contribution in [0, 0.1) is 10.8 Å². The minimum atomic E-state index is -4.41. The van der Waals surface area contributed by atoms with Crippen LogP contribution in [0.2, 0.25) is 0 Å². The Morgan fingerprint density at radius 3 is 1.81 bits per heavy atom. The Labute approximate surface area is 92.4 Å². The zero-order chi connectivity index (χ0) is 11.8. The molecule has 3 saturated carbocycles. The summed E-state index contributed by atoms with van der Waals surface area (Å²) in [7, 11) is -4.41. The van der Waals surface area contributed by atoms with Crippen LogP contribution in [-0.4, -0.2) is 19.6 Å². The second-order valence-electron chi connectivity index (χ2n) is 6.07. The van der Waals surface area contributed by atoms with Gasteiger partial charge in [0.2, 0.25) is 5.92 Å². The van der Waals surface area contributed by atoms with Crippen molar-refractivity contribution in [2.45, 2.75) is 49.7 Å². The molecule has 3 rings (SSSR count). The number of hydrogen-bond donors (Lipinski definition) is 0. The van der Waals surface area contributed by atoms with Crippen molar-refractivity contribution in [2.24, 2.45) is 10.8 Å². The molecule has 16 heavy (non-hydrogen) atoms. The van der Waals surface area contributed by atoms with Crippen molar-refractivity contribution in [3.8, 4) is 0 Å². The molecule has 3 aliphatic carbocycles. The van der Waals surface area contributed by atoms with Crippen LogP contribution in [-0.2, 0) is 10.2 Å². The van der Waals surface area contributed by atoms with Crippen LogP contribution in [0.1, 0.15) is 38.5 Å². The van der Waals surface area contributed by atoms with Crippen LogP contribution in [0.4, 0.5) is 12.7 Å². The van der Waals surface area contributed by atoms with Gasteiger partial charge in [-0.1, -0.05) is 0 Å². The normalized spacial score (nSPS) is 34.2. The van der Waals surface area contributed by atoms with Crippen LogP contribution >= 0.6 is 0 Å². The highest BCUT2D eigenvalue weighted by Crippen LogP contribution is 2.74. The average molecular weight is 254 g/mol. The van der Waals surface area contributed by atoms with Gasteiger partial charge in [-0.25, -0.2) is 8.78 Å². The molecule has 0 aromatic carbocycles. The molecule has 0 aromatic heterocycles. The summed E-state index contributed by atoms with van der Waals surface area (Å²) in [6.07, 6.45) is 1.88. The molecule has 0 amide bonds. The van der Waals surface area contributed by atoms with E-state index in [-0.39, 0.29) is 23.7 Å². The summed E-state index contributed by atoms with van der Waals surface area (Å²) in [6.45, 7) is 0. The second-order valence-corrected chi connectivity index (χ2v) is 7.69. The van der Waals surface area contributed by atoms with Crippen LogP contribution in [0.25, 0.3) is 0 Å². The molecule has 0 aliphatic heterocycles. The molecule has 6 heteroatoms. The van der Waals surface area contributed by atoms with E-state index in [9.17, 15) is 21.1 Å². The van der Waals surface area contributed by atoms with Crippen molar-refractivity contribution in [1.82, 2.24) is 0 Å². The number of halogens is 3. The Morgan fingerprint density at radius 1 is 0.938 bits per heavy atom. The van der Waals surface area contributed by atoms with Crippen LogP contribution < -0.4 is 0 Å². The summed E-state index contributed by atoms with van der Waals surface area (Å²) in [4.78, 5) is 0. The van der Waals surface area contributed by atoms with Gasteiger partial charge in [0.15, 0.2) is 0 Å². The van der Waals surface area contributed by atoms with Gasteiger partial charge in [0.1, 0.15) is 0 Å². The zero-order valence-corrected chi connectivity index (χ0v) is 9.50. The molecule has 0 heterocycles. The number of hydrogen-bond acceptors (Lipinski definition) is 2. The molecular formula is C10H13F3O2S. The maximum Gasteiger partial charge on any atom is 0.305 e. The second kappa shape index (κ2) is 2.60. The lowest BCUT2D eigenvalue weighted by molar-refractivity contribution is -0.245. The first-order valence-electron chi connectivity index (χ1n) is 5.45. The molecule has 0 radical (unpaired) electrons. The van der Waals surface area contributed by atoms with Gasteiger partial charge in [0.25, 0.3) is 0 Å². The molecule has 0 saturated heterocycles. The van der Waals surface area contributed by atoms with Crippen molar-refractivity contribution in [2.75, 3.05) is 0 Å². The molecule has 2 nitrogen and oxygen atoms in total. The Balaban J connectivity index is 1.57. The van der Waals surface area contributed by atoms with Gasteiger partial charge in [-0.2, -0.15) is 8.42 Å². The predicted octanol–water partition coefficient (Wildman–Crippen LogP) is 2.64. The Kier molecular flexibility index (Phi) is 1.76. The van der Waals surface area contributed by atoms with Gasteiger partial charge < -0.3 is 0 Å². The highest BCUT2D eigenvalue weighted by atomic mass is 32.3. The summed E-state index contributed by atoms with van der Waals surface area (Å²) in [5.41, 5.74) is -0.366. The Morgan fingerprint density at radius 2 is 1.44 bits per heavy atom. The Bertz CT molecular complexity index is 419. The molecule has 0 bridgehead atoms. The SMILES string of the molecule is O=S(=O)(F)C1CC2(C1)CC1(CC(F)(F)C1)C2. The van der Waals surface area contributed by atoms with Gasteiger partial charge in [0, 0.05) is 12.8 Å². The molecule has 0 aromatic rings. The van der Waals surface area contributed by atoms with Gasteiger partial charge in [-0.3, -0.25) is 0 Å². The molecule has 2 spiro atoms. The first-order valence-corrected chi connectivity index (χ1v) is 6.90. The van der Waals surface area contributed by atoms with E-state index in [4.69, 9.17) is 0 Å². The molecule has 92 valence electrons. The van der Waals surface area contributed by atoms with Crippen molar-refractivity contribution in [3.63, 3.8) is 0 Å². The summed E-state index contributed by atoms with van der Waals surface area (Å²) >= 11 is 0. The number of alkyl halides is 2. The van der Waals surface area contributed by atoms with Gasteiger partial charge in [-0.15, -0.1) is 3.89 Å². The van der Waals surface area contributed by atoms with Crippen LogP contribution in [0.3, 0.4) is 0 Å². The van der Waals surface area contributed by atoms with Crippen molar-refractivity contribution in [1.29, 1.82) is 0 Å². The monoisotopic (exact) mass is 254 g/mol. The lowest BCUT2D eigenvalue weighted by Gasteiger charge is -2.67. The maximum absolute atomic E-state index is 12.7. The highest BCUT2D eigenvalue weighted by Gasteiger charge is 2.70. The van der Waals surface area contributed by atoms with E-state index >= 15 is 0 Å². The lowest BCUT2D eigenvalue weighted by atomic mass is 9.39. The number of rotatable bonds is 1. The van der Waals surface area contributed by atoms with E-state index in [0.29, 0.717) is 25.7 Å². The van der Waals surface area contributed by atoms with E-state index in [1.165, 1.54) is 0 Å². The maximum atomic E-state index is 12.7. The minimum absolute atomic E-state index is 0.0607. The predicted molar refractivity (Wildman–Crippen MR) is 51.3 cm³/mol. The summed E-state index contributed by atoms with van der Waals surface area (Å²) < 4.78 is 59.3. The van der Waals surface area contributed by atoms with E-state index in [2.05, 4.69) is 0 Å². The van der Waals surface area contributed by atoms with Crippen LogP contribution in [0.15, 0.2) is 0 Å². The molecule has 0 unspecified atom stereocenters. The van der Waals surface area contributed by atoms with Crippen molar-refractivity contribution >= 4 is 10.2 Å². The Hall–Kier alpha value is -0.260. The smallest absolute Gasteiger partial charge is 0.207 e. The third kappa shape index (κ3) is 1.41. The summed E-state index contributed by atoms with van der Waals surface area (Å²) in [6, 6.07) is 0. The third-order valence-corrected chi connectivity index (χ3v) is 5.62. The molecule has 0 atom stereocenters. The van der Waals surface area contributed by atoms with Gasteiger partial charge in [0.05, 0.1) is 5.25 Å². The van der Waals surface area contributed by atoms with Crippen molar-refractivity contribution in [3.05, 3.63) is 0 Å². The standard InChI is InChI=1S/C10H13F3O2S/c11-10(12)5-9(6-10)3-8(4-9)1-7(2-8)16(13,14)15/h7H,1-6H2. The lowest BCUT2D eigenvalue weighted by Crippen LogP contribution is -2.63. The summed E-state index contributed by atoms with van der Waals surface area (Å²) in [5.74, 6) is -2.52. The molecule has 3 aliphatic rings. The first kappa shape index (κ1) is 10.9. The topological polar surface area (TPSA) is 34.1 Å². The van der Waals surface area contributed by atoms with E-state index < -0.39 is 21.4 Å². The van der Waals surface area contributed by atoms with Crippen molar-refractivity contribution < 1.29 is 21.1 Å². The quantitative estimate of drug-likeness (QED) is 0.674. The average Bonchev–Trinajstić information content (AvgIpc) is 1.86. The van der Waals surface area contributed by atoms with E-state index in [0.717, 1.165) is 0 Å². The fourth-order valence-electron chi connectivity index (χ4n) is 4.23. The molecular weight excluding hydrogens is 241 g/mol. The first-order chi connectivity index (χ1) is 7.14. The largest absolute Gasteiger partial charge is 0.305 e. The minimum Gasteiger partial charge on any atom is -0.207 e. The van der Waals surface area contributed by atoms with Gasteiger partial charge >= 0.3 is 10.2 Å². The molecule has 3 fully saturated rings. The molecule has 0 N–H and O–H groups in total. The summed E-state index contributed by atoms with van der Waals surface area (Å²) in [5, 5.41) is -0.870. The van der Waals surface area contributed by atoms with E-state index in [1.807, 2.05) is 0 Å².